The van der Waals surface area contributed by atoms with E-state index in [-0.39, 0.29) is 0 Å². The van der Waals surface area contributed by atoms with Gasteiger partial charge in [-0.1, -0.05) is 0 Å². The standard InChI is InChI=1S/C5H8ClNO2/c6-5(8)4-2-1-3-7(4)9/h4,9H,1-3H2. The Morgan fingerprint density at radius 1 is 1.78 bits per heavy atom. The third kappa shape index (κ3) is 1.41. The minimum atomic E-state index is -0.463. The van der Waals surface area contributed by atoms with Crippen molar-refractivity contribution in [3.63, 3.8) is 0 Å². The molecule has 0 aromatic carbocycles. The molecule has 0 spiro atoms. The van der Waals surface area contributed by atoms with Crippen LogP contribution < -0.4 is 0 Å². The van der Waals surface area contributed by atoms with Crippen LogP contribution in [0.2, 0.25) is 0 Å². The van der Waals surface area contributed by atoms with E-state index < -0.39 is 11.3 Å². The first kappa shape index (κ1) is 6.99. The third-order valence-corrected chi connectivity index (χ3v) is 1.74. The Balaban J connectivity index is 2.49. The summed E-state index contributed by atoms with van der Waals surface area (Å²) in [5.74, 6) is 0. The van der Waals surface area contributed by atoms with Crippen molar-refractivity contribution in [2.45, 2.75) is 18.9 Å². The highest BCUT2D eigenvalue weighted by Crippen LogP contribution is 2.16. The van der Waals surface area contributed by atoms with Crippen LogP contribution in [0.1, 0.15) is 12.8 Å². The fourth-order valence-electron chi connectivity index (χ4n) is 0.982. The maximum absolute atomic E-state index is 10.4. The summed E-state index contributed by atoms with van der Waals surface area (Å²) in [5.41, 5.74) is 0. The Kier molecular flexibility index (Phi) is 2.05. The maximum atomic E-state index is 10.4. The van der Waals surface area contributed by atoms with Crippen molar-refractivity contribution in [3.8, 4) is 0 Å². The zero-order valence-electron chi connectivity index (χ0n) is 4.88. The molecule has 0 radical (unpaired) electrons. The molecule has 1 unspecified atom stereocenters. The molecule has 4 heteroatoms. The van der Waals surface area contributed by atoms with Gasteiger partial charge in [-0.05, 0) is 24.4 Å². The molecule has 9 heavy (non-hydrogen) atoms. The summed E-state index contributed by atoms with van der Waals surface area (Å²) in [5, 5.41) is 9.42. The van der Waals surface area contributed by atoms with Gasteiger partial charge in [0.1, 0.15) is 6.04 Å². The number of hydroxylamine groups is 2. The molecule has 3 nitrogen and oxygen atoms in total. The highest BCUT2D eigenvalue weighted by atomic mass is 35.5. The fourth-order valence-corrected chi connectivity index (χ4v) is 1.20. The Morgan fingerprint density at radius 3 is 2.67 bits per heavy atom. The zero-order chi connectivity index (χ0) is 6.85. The van der Waals surface area contributed by atoms with Crippen molar-refractivity contribution in [1.29, 1.82) is 0 Å². The lowest BCUT2D eigenvalue weighted by atomic mass is 10.2. The Labute approximate surface area is 58.2 Å². The number of carbonyl (C=O) groups excluding carboxylic acids is 1. The van der Waals surface area contributed by atoms with Crippen molar-refractivity contribution in [2.75, 3.05) is 6.54 Å². The molecule has 0 saturated carbocycles. The number of carbonyl (C=O) groups is 1. The molecule has 0 aliphatic carbocycles. The van der Waals surface area contributed by atoms with Crippen LogP contribution in [-0.2, 0) is 4.79 Å². The monoisotopic (exact) mass is 149 g/mol. The van der Waals surface area contributed by atoms with Gasteiger partial charge in [0, 0.05) is 6.54 Å². The van der Waals surface area contributed by atoms with E-state index in [0.29, 0.717) is 13.0 Å². The average Bonchev–Trinajstić information content (AvgIpc) is 2.13. The molecule has 1 heterocycles. The van der Waals surface area contributed by atoms with Crippen LogP contribution in [0, 0.1) is 0 Å². The summed E-state index contributed by atoms with van der Waals surface area (Å²) in [6.45, 7) is 0.559. The Bertz CT molecular complexity index is 128. The van der Waals surface area contributed by atoms with Gasteiger partial charge in [0.2, 0.25) is 5.24 Å². The molecule has 1 fully saturated rings. The quantitative estimate of drug-likeness (QED) is 0.556. The largest absolute Gasteiger partial charge is 0.313 e. The first-order valence-corrected chi connectivity index (χ1v) is 3.24. The molecule has 1 aliphatic rings. The number of hydrogen-bond acceptors (Lipinski definition) is 3. The molecule has 1 rings (SSSR count). The van der Waals surface area contributed by atoms with E-state index >= 15 is 0 Å². The normalized spacial score (nSPS) is 28.9. The summed E-state index contributed by atoms with van der Waals surface area (Å²) in [4.78, 5) is 10.4. The van der Waals surface area contributed by atoms with Crippen molar-refractivity contribution >= 4 is 16.8 Å². The second-order valence-corrected chi connectivity index (χ2v) is 2.50. The lowest BCUT2D eigenvalue weighted by Crippen LogP contribution is -2.30. The van der Waals surface area contributed by atoms with Crippen LogP contribution in [0.25, 0.3) is 0 Å². The molecular formula is C5H8ClNO2. The Morgan fingerprint density at radius 2 is 2.44 bits per heavy atom. The molecule has 0 bridgehead atoms. The van der Waals surface area contributed by atoms with Crippen LogP contribution in [-0.4, -0.2) is 28.1 Å². The van der Waals surface area contributed by atoms with Gasteiger partial charge in [-0.2, -0.15) is 5.06 Å². The number of nitrogens with zero attached hydrogens (tertiary/aromatic N) is 1. The first-order chi connectivity index (χ1) is 4.22. The van der Waals surface area contributed by atoms with E-state index in [4.69, 9.17) is 16.8 Å². The second kappa shape index (κ2) is 2.64. The molecule has 1 saturated heterocycles. The average molecular weight is 150 g/mol. The van der Waals surface area contributed by atoms with Gasteiger partial charge in [0.05, 0.1) is 0 Å². The molecule has 1 atom stereocenters. The predicted octanol–water partition coefficient (Wildman–Crippen LogP) is 0.605. The van der Waals surface area contributed by atoms with E-state index in [1.165, 1.54) is 0 Å². The van der Waals surface area contributed by atoms with E-state index in [2.05, 4.69) is 0 Å². The van der Waals surface area contributed by atoms with Crippen LogP contribution in [0.5, 0.6) is 0 Å². The number of rotatable bonds is 1. The van der Waals surface area contributed by atoms with Crippen molar-refractivity contribution in [2.24, 2.45) is 0 Å². The molecule has 1 aliphatic heterocycles. The smallest absolute Gasteiger partial charge is 0.241 e. The van der Waals surface area contributed by atoms with Crippen molar-refractivity contribution < 1.29 is 10.0 Å². The summed E-state index contributed by atoms with van der Waals surface area (Å²) in [7, 11) is 0. The minimum Gasteiger partial charge on any atom is -0.313 e. The van der Waals surface area contributed by atoms with Gasteiger partial charge >= 0.3 is 0 Å². The van der Waals surface area contributed by atoms with Gasteiger partial charge in [-0.15, -0.1) is 0 Å². The lowest BCUT2D eigenvalue weighted by molar-refractivity contribution is -0.136. The number of hydrogen-bond donors (Lipinski definition) is 1. The van der Waals surface area contributed by atoms with Gasteiger partial charge < -0.3 is 5.21 Å². The molecule has 1 N–H and O–H groups in total. The Hall–Kier alpha value is -0.120. The zero-order valence-corrected chi connectivity index (χ0v) is 5.64. The highest BCUT2D eigenvalue weighted by molar-refractivity contribution is 6.64. The fraction of sp³-hybridized carbons (Fsp3) is 0.800. The minimum absolute atomic E-state index is 0.452. The van der Waals surface area contributed by atoms with Crippen LogP contribution in [0.3, 0.4) is 0 Å². The van der Waals surface area contributed by atoms with E-state index in [9.17, 15) is 4.79 Å². The predicted molar refractivity (Wildman–Crippen MR) is 32.4 cm³/mol. The van der Waals surface area contributed by atoms with E-state index in [1.807, 2.05) is 0 Å². The molecular weight excluding hydrogens is 142 g/mol. The van der Waals surface area contributed by atoms with Crippen LogP contribution >= 0.6 is 11.6 Å². The van der Waals surface area contributed by atoms with Gasteiger partial charge in [-0.3, -0.25) is 4.79 Å². The summed E-state index contributed by atoms with van der Waals surface area (Å²) < 4.78 is 0. The molecule has 0 aromatic rings. The molecule has 0 amide bonds. The maximum Gasteiger partial charge on any atom is 0.241 e. The summed E-state index contributed by atoms with van der Waals surface area (Å²) >= 11 is 5.14. The molecule has 0 aromatic heterocycles. The van der Waals surface area contributed by atoms with Gasteiger partial charge in [-0.25, -0.2) is 0 Å². The van der Waals surface area contributed by atoms with Crippen LogP contribution in [0.15, 0.2) is 0 Å². The summed E-state index contributed by atoms with van der Waals surface area (Å²) in [6, 6.07) is -0.452. The lowest BCUT2D eigenvalue weighted by Gasteiger charge is -2.11. The van der Waals surface area contributed by atoms with Crippen molar-refractivity contribution in [1.82, 2.24) is 5.06 Å². The third-order valence-electron chi connectivity index (χ3n) is 1.49. The van der Waals surface area contributed by atoms with Gasteiger partial charge in [0.25, 0.3) is 0 Å². The molecule has 52 valence electrons. The van der Waals surface area contributed by atoms with Crippen LogP contribution in [0.4, 0.5) is 0 Å². The second-order valence-electron chi connectivity index (χ2n) is 2.13. The highest BCUT2D eigenvalue weighted by Gasteiger charge is 2.27. The first-order valence-electron chi connectivity index (χ1n) is 2.86. The van der Waals surface area contributed by atoms with E-state index in [0.717, 1.165) is 11.5 Å². The van der Waals surface area contributed by atoms with Crippen molar-refractivity contribution in [3.05, 3.63) is 0 Å². The summed E-state index contributed by atoms with van der Waals surface area (Å²) in [6.07, 6.45) is 1.53. The number of halogens is 1. The topological polar surface area (TPSA) is 40.5 Å². The van der Waals surface area contributed by atoms with E-state index in [1.54, 1.807) is 0 Å². The van der Waals surface area contributed by atoms with Gasteiger partial charge in [0.15, 0.2) is 0 Å². The SMILES string of the molecule is O=C(Cl)C1CCCN1O.